The zero-order valence-electron chi connectivity index (χ0n) is 6.23. The predicted molar refractivity (Wildman–Crippen MR) is 52.1 cm³/mol. The Morgan fingerprint density at radius 2 is 2.00 bits per heavy atom. The lowest BCUT2D eigenvalue weighted by atomic mass is 10.1. The van der Waals surface area contributed by atoms with Gasteiger partial charge in [-0.25, -0.2) is 0 Å². The van der Waals surface area contributed by atoms with Crippen molar-refractivity contribution < 1.29 is 9.59 Å². The van der Waals surface area contributed by atoms with Gasteiger partial charge in [0.25, 0.3) is 11.7 Å². The minimum atomic E-state index is -0.607. The van der Waals surface area contributed by atoms with Crippen molar-refractivity contribution >= 4 is 44.9 Å². The van der Waals surface area contributed by atoms with E-state index in [1.807, 2.05) is 0 Å². The van der Waals surface area contributed by atoms with E-state index in [0.717, 1.165) is 0 Å². The first-order chi connectivity index (χ1) is 6.09. The van der Waals surface area contributed by atoms with Crippen LogP contribution in [0, 0.1) is 0 Å². The number of halogens is 2. The fourth-order valence-corrected chi connectivity index (χ4v) is 1.65. The maximum atomic E-state index is 11.2. The second kappa shape index (κ2) is 2.82. The number of anilines is 1. The number of nitrogens with one attached hydrogen (secondary N) is 1. The highest BCUT2D eigenvalue weighted by atomic mass is 79.9. The third-order valence-electron chi connectivity index (χ3n) is 1.76. The van der Waals surface area contributed by atoms with E-state index in [4.69, 9.17) is 11.6 Å². The smallest absolute Gasteiger partial charge is 0.296 e. The molecule has 1 heterocycles. The first kappa shape index (κ1) is 8.72. The van der Waals surface area contributed by atoms with E-state index in [-0.39, 0.29) is 0 Å². The van der Waals surface area contributed by atoms with Crippen molar-refractivity contribution in [3.8, 4) is 0 Å². The minimum Gasteiger partial charge on any atom is -0.318 e. The van der Waals surface area contributed by atoms with Crippen LogP contribution in [0.2, 0.25) is 5.02 Å². The normalized spacial score (nSPS) is 14.3. The highest BCUT2D eigenvalue weighted by Gasteiger charge is 2.28. The Balaban J connectivity index is 2.66. The van der Waals surface area contributed by atoms with Crippen LogP contribution in [0.1, 0.15) is 10.4 Å². The Hall–Kier alpha value is -0.870. The highest BCUT2D eigenvalue weighted by Crippen LogP contribution is 2.32. The van der Waals surface area contributed by atoms with Gasteiger partial charge in [0.15, 0.2) is 0 Å². The van der Waals surface area contributed by atoms with Crippen LogP contribution in [0.25, 0.3) is 0 Å². The topological polar surface area (TPSA) is 46.2 Å². The highest BCUT2D eigenvalue weighted by molar-refractivity contribution is 9.10. The van der Waals surface area contributed by atoms with E-state index in [0.29, 0.717) is 20.7 Å². The molecule has 1 aromatic carbocycles. The molecule has 1 N–H and O–H groups in total. The van der Waals surface area contributed by atoms with E-state index in [1.165, 1.54) is 6.07 Å². The summed E-state index contributed by atoms with van der Waals surface area (Å²) in [5, 5.41) is 2.86. The molecule has 5 heteroatoms. The fourth-order valence-electron chi connectivity index (χ4n) is 1.14. The standard InChI is InChI=1S/C8H3BrClNO2/c9-4-2-6-3(1-5(4)10)7(12)8(13)11-6/h1-2H,(H,11,12,13). The Labute approximate surface area is 87.2 Å². The lowest BCUT2D eigenvalue weighted by molar-refractivity contribution is -0.112. The van der Waals surface area contributed by atoms with Crippen molar-refractivity contribution in [2.45, 2.75) is 0 Å². The number of hydrogen-bond acceptors (Lipinski definition) is 2. The Morgan fingerprint density at radius 3 is 2.69 bits per heavy atom. The predicted octanol–water partition coefficient (Wildman–Crippen LogP) is 2.24. The van der Waals surface area contributed by atoms with E-state index >= 15 is 0 Å². The maximum absolute atomic E-state index is 11.2. The van der Waals surface area contributed by atoms with Crippen LogP contribution < -0.4 is 5.32 Å². The van der Waals surface area contributed by atoms with Crippen molar-refractivity contribution in [2.75, 3.05) is 5.32 Å². The van der Waals surface area contributed by atoms with E-state index < -0.39 is 11.7 Å². The van der Waals surface area contributed by atoms with Gasteiger partial charge in [0.05, 0.1) is 16.3 Å². The van der Waals surface area contributed by atoms with E-state index in [9.17, 15) is 9.59 Å². The molecule has 66 valence electrons. The molecule has 1 aromatic rings. The second-order valence-corrected chi connectivity index (χ2v) is 3.86. The Bertz CT molecular complexity index is 430. The number of fused-ring (bicyclic) bond motifs is 1. The van der Waals surface area contributed by atoms with E-state index in [2.05, 4.69) is 21.2 Å². The largest absolute Gasteiger partial charge is 0.318 e. The molecular weight excluding hydrogens is 257 g/mol. The molecule has 2 rings (SSSR count). The zero-order chi connectivity index (χ0) is 9.59. The maximum Gasteiger partial charge on any atom is 0.296 e. The summed E-state index contributed by atoms with van der Waals surface area (Å²) >= 11 is 8.96. The van der Waals surface area contributed by atoms with Crippen molar-refractivity contribution in [1.82, 2.24) is 0 Å². The molecule has 1 aliphatic heterocycles. The van der Waals surface area contributed by atoms with Gasteiger partial charge in [-0.2, -0.15) is 0 Å². The molecule has 0 bridgehead atoms. The molecule has 0 saturated heterocycles. The van der Waals surface area contributed by atoms with Gasteiger partial charge in [-0.15, -0.1) is 0 Å². The average molecular weight is 260 g/mol. The van der Waals surface area contributed by atoms with E-state index in [1.54, 1.807) is 6.07 Å². The van der Waals surface area contributed by atoms with Gasteiger partial charge in [-0.1, -0.05) is 11.6 Å². The summed E-state index contributed by atoms with van der Waals surface area (Å²) in [5.74, 6) is -1.14. The van der Waals surface area contributed by atoms with Crippen LogP contribution in [0.5, 0.6) is 0 Å². The monoisotopic (exact) mass is 259 g/mol. The molecule has 0 fully saturated rings. The number of ketones is 1. The number of Topliss-reactive ketones (excluding diaryl/α,β-unsaturated/α-hetero) is 1. The fraction of sp³-hybridized carbons (Fsp3) is 0. The van der Waals surface area contributed by atoms with Crippen molar-refractivity contribution in [3.63, 3.8) is 0 Å². The van der Waals surface area contributed by atoms with Gasteiger partial charge in [-0.05, 0) is 28.1 Å². The third-order valence-corrected chi connectivity index (χ3v) is 2.96. The van der Waals surface area contributed by atoms with Crippen LogP contribution in [-0.2, 0) is 4.79 Å². The summed E-state index contributed by atoms with van der Waals surface area (Å²) in [6, 6.07) is 3.08. The Kier molecular flexibility index (Phi) is 1.89. The van der Waals surface area contributed by atoms with Gasteiger partial charge in [-0.3, -0.25) is 9.59 Å². The van der Waals surface area contributed by atoms with Gasteiger partial charge in [0.1, 0.15) is 0 Å². The molecule has 0 unspecified atom stereocenters. The molecule has 0 radical (unpaired) electrons. The summed E-state index contributed by atoms with van der Waals surface area (Å²) in [7, 11) is 0. The molecule has 1 amide bonds. The van der Waals surface area contributed by atoms with Gasteiger partial charge < -0.3 is 5.32 Å². The number of benzene rings is 1. The number of carbonyl (C=O) groups excluding carboxylic acids is 2. The lowest BCUT2D eigenvalue weighted by Crippen LogP contribution is -2.12. The molecule has 0 spiro atoms. The molecule has 13 heavy (non-hydrogen) atoms. The molecule has 0 atom stereocenters. The molecule has 3 nitrogen and oxygen atoms in total. The molecule has 0 saturated carbocycles. The van der Waals surface area contributed by atoms with Gasteiger partial charge in [0.2, 0.25) is 0 Å². The van der Waals surface area contributed by atoms with Gasteiger partial charge >= 0.3 is 0 Å². The molecule has 1 aliphatic rings. The number of rotatable bonds is 0. The molecule has 0 aliphatic carbocycles. The summed E-state index contributed by atoms with van der Waals surface area (Å²) < 4.78 is 0.655. The number of carbonyl (C=O) groups is 2. The first-order valence-corrected chi connectivity index (χ1v) is 4.61. The second-order valence-electron chi connectivity index (χ2n) is 2.60. The lowest BCUT2D eigenvalue weighted by Gasteiger charge is -1.99. The quantitative estimate of drug-likeness (QED) is 0.727. The van der Waals surface area contributed by atoms with Crippen molar-refractivity contribution in [3.05, 3.63) is 27.2 Å². The minimum absolute atomic E-state index is 0.332. The van der Waals surface area contributed by atoms with Crippen LogP contribution in [0.3, 0.4) is 0 Å². The van der Waals surface area contributed by atoms with Crippen LogP contribution in [0.4, 0.5) is 5.69 Å². The molecular formula is C8H3BrClNO2. The number of amides is 1. The first-order valence-electron chi connectivity index (χ1n) is 3.44. The summed E-state index contributed by atoms with van der Waals surface area (Å²) in [4.78, 5) is 22.1. The molecule has 0 aromatic heterocycles. The SMILES string of the molecule is O=C1Nc2cc(Br)c(Cl)cc2C1=O. The van der Waals surface area contributed by atoms with Crippen LogP contribution in [0.15, 0.2) is 16.6 Å². The van der Waals surface area contributed by atoms with Crippen molar-refractivity contribution in [1.29, 1.82) is 0 Å². The zero-order valence-corrected chi connectivity index (χ0v) is 8.57. The third kappa shape index (κ3) is 1.26. The van der Waals surface area contributed by atoms with Crippen molar-refractivity contribution in [2.24, 2.45) is 0 Å². The summed E-state index contributed by atoms with van der Waals surface area (Å²) in [5.41, 5.74) is 0.837. The van der Waals surface area contributed by atoms with Crippen LogP contribution >= 0.6 is 27.5 Å². The Morgan fingerprint density at radius 1 is 1.31 bits per heavy atom. The summed E-state index contributed by atoms with van der Waals surface area (Å²) in [6.45, 7) is 0. The van der Waals surface area contributed by atoms with Gasteiger partial charge in [0, 0.05) is 4.47 Å². The van der Waals surface area contributed by atoms with Crippen LogP contribution in [-0.4, -0.2) is 11.7 Å². The number of hydrogen-bond donors (Lipinski definition) is 1. The average Bonchev–Trinajstić information content (AvgIpc) is 2.32. The summed E-state index contributed by atoms with van der Waals surface area (Å²) in [6.07, 6.45) is 0.